The zero-order chi connectivity index (χ0) is 18.0. The third-order valence-electron chi connectivity index (χ3n) is 3.84. The van der Waals surface area contributed by atoms with Crippen LogP contribution in [0, 0.1) is 5.82 Å². The molecule has 0 radical (unpaired) electrons. The average molecular weight is 407 g/mol. The number of para-hydroxylation sites is 2. The molecule has 0 saturated carbocycles. The smallest absolute Gasteiger partial charge is 0.267 e. The lowest BCUT2D eigenvalue weighted by Crippen LogP contribution is -2.45. The number of amides is 2. The predicted molar refractivity (Wildman–Crippen MR) is 96.2 cm³/mol. The van der Waals surface area contributed by atoms with Crippen molar-refractivity contribution in [2.75, 3.05) is 16.8 Å². The number of halogens is 2. The average Bonchev–Trinajstić information content (AvgIpc) is 2.58. The Morgan fingerprint density at radius 3 is 2.84 bits per heavy atom. The van der Waals surface area contributed by atoms with Gasteiger partial charge in [-0.25, -0.2) is 4.39 Å². The third-order valence-corrected chi connectivity index (χ3v) is 4.33. The monoisotopic (exact) mass is 406 g/mol. The van der Waals surface area contributed by atoms with Crippen molar-refractivity contribution in [2.24, 2.45) is 0 Å². The van der Waals surface area contributed by atoms with Crippen LogP contribution in [0.4, 0.5) is 15.8 Å². The first-order valence-electron chi connectivity index (χ1n) is 7.77. The van der Waals surface area contributed by atoms with Crippen LogP contribution in [0.1, 0.15) is 13.3 Å². The van der Waals surface area contributed by atoms with E-state index in [9.17, 15) is 14.0 Å². The van der Waals surface area contributed by atoms with E-state index in [0.717, 1.165) is 0 Å². The molecule has 1 aliphatic rings. The maximum atomic E-state index is 13.8. The number of ether oxygens (including phenoxy) is 1. The molecular weight excluding hydrogens is 391 g/mol. The van der Waals surface area contributed by atoms with Crippen LogP contribution in [0.5, 0.6) is 5.75 Å². The van der Waals surface area contributed by atoms with Gasteiger partial charge in [-0.1, -0.05) is 28.1 Å². The third kappa shape index (κ3) is 3.82. The van der Waals surface area contributed by atoms with Gasteiger partial charge in [-0.05, 0) is 37.3 Å². The van der Waals surface area contributed by atoms with E-state index >= 15 is 0 Å². The second-order valence-corrected chi connectivity index (χ2v) is 6.56. The van der Waals surface area contributed by atoms with Gasteiger partial charge < -0.3 is 15.0 Å². The van der Waals surface area contributed by atoms with Crippen LogP contribution < -0.4 is 15.0 Å². The lowest BCUT2D eigenvalue weighted by molar-refractivity contribution is -0.125. The van der Waals surface area contributed by atoms with Crippen LogP contribution in [-0.2, 0) is 9.59 Å². The van der Waals surface area contributed by atoms with Crippen LogP contribution in [-0.4, -0.2) is 24.5 Å². The molecule has 3 rings (SSSR count). The maximum Gasteiger partial charge on any atom is 0.267 e. The largest absolute Gasteiger partial charge is 0.479 e. The molecule has 1 unspecified atom stereocenters. The minimum Gasteiger partial charge on any atom is -0.479 e. The SMILES string of the molecule is CC1Oc2ccccc2N(CCC(=O)Nc2ccc(Br)cc2F)C1=O. The maximum absolute atomic E-state index is 13.8. The van der Waals surface area contributed by atoms with Crippen molar-refractivity contribution in [3.63, 3.8) is 0 Å². The van der Waals surface area contributed by atoms with E-state index < -0.39 is 11.9 Å². The summed E-state index contributed by atoms with van der Waals surface area (Å²) in [6.07, 6.45) is -0.565. The Morgan fingerprint density at radius 1 is 1.32 bits per heavy atom. The predicted octanol–water partition coefficient (Wildman–Crippen LogP) is 3.73. The minimum atomic E-state index is -0.609. The lowest BCUT2D eigenvalue weighted by Gasteiger charge is -2.32. The summed E-state index contributed by atoms with van der Waals surface area (Å²) in [5.41, 5.74) is 0.739. The van der Waals surface area contributed by atoms with Gasteiger partial charge in [0.2, 0.25) is 5.91 Å². The van der Waals surface area contributed by atoms with E-state index in [-0.39, 0.29) is 30.5 Å². The number of hydrogen-bond acceptors (Lipinski definition) is 3. The molecule has 1 atom stereocenters. The first-order chi connectivity index (χ1) is 12.0. The van der Waals surface area contributed by atoms with Crippen molar-refractivity contribution >= 4 is 39.1 Å². The van der Waals surface area contributed by atoms with Crippen molar-refractivity contribution in [3.05, 3.63) is 52.8 Å². The van der Waals surface area contributed by atoms with E-state index in [1.54, 1.807) is 31.2 Å². The molecule has 1 aliphatic heterocycles. The number of carbonyl (C=O) groups excluding carboxylic acids is 2. The molecule has 1 heterocycles. The first-order valence-corrected chi connectivity index (χ1v) is 8.57. The Hall–Kier alpha value is -2.41. The highest BCUT2D eigenvalue weighted by molar-refractivity contribution is 9.10. The summed E-state index contributed by atoms with van der Waals surface area (Å²) in [5, 5.41) is 2.52. The van der Waals surface area contributed by atoms with E-state index in [4.69, 9.17) is 4.74 Å². The minimum absolute atomic E-state index is 0.0439. The number of carbonyl (C=O) groups is 2. The first kappa shape index (κ1) is 17.4. The number of hydrogen-bond donors (Lipinski definition) is 1. The van der Waals surface area contributed by atoms with Gasteiger partial charge in [0, 0.05) is 17.4 Å². The van der Waals surface area contributed by atoms with Crippen LogP contribution in [0.25, 0.3) is 0 Å². The molecule has 1 N–H and O–H groups in total. The van der Waals surface area contributed by atoms with Crippen LogP contribution in [0.3, 0.4) is 0 Å². The Bertz CT molecular complexity index is 828. The van der Waals surface area contributed by atoms with Crippen molar-refractivity contribution in [2.45, 2.75) is 19.4 Å². The van der Waals surface area contributed by atoms with Gasteiger partial charge in [0.05, 0.1) is 11.4 Å². The summed E-state index contributed by atoms with van der Waals surface area (Å²) >= 11 is 3.16. The number of benzene rings is 2. The van der Waals surface area contributed by atoms with Crippen LogP contribution in [0.15, 0.2) is 46.9 Å². The Balaban J connectivity index is 1.68. The number of fused-ring (bicyclic) bond motifs is 1. The number of nitrogens with zero attached hydrogens (tertiary/aromatic N) is 1. The van der Waals surface area contributed by atoms with Gasteiger partial charge >= 0.3 is 0 Å². The molecule has 2 aromatic rings. The van der Waals surface area contributed by atoms with Crippen molar-refractivity contribution in [1.29, 1.82) is 0 Å². The van der Waals surface area contributed by atoms with Gasteiger partial charge in [0.25, 0.3) is 5.91 Å². The molecule has 2 aromatic carbocycles. The Labute approximate surface area is 152 Å². The summed E-state index contributed by atoms with van der Waals surface area (Å²) in [5.74, 6) is -0.495. The van der Waals surface area contributed by atoms with Crippen LogP contribution in [0.2, 0.25) is 0 Å². The standard InChI is InChI=1S/C18H16BrFN2O3/c1-11-18(24)22(15-4-2-3-5-16(15)25-11)9-8-17(23)21-14-7-6-12(19)10-13(14)20/h2-7,10-11H,8-9H2,1H3,(H,21,23). The number of nitrogens with one attached hydrogen (secondary N) is 1. The summed E-state index contributed by atoms with van der Waals surface area (Å²) in [6, 6.07) is 11.6. The highest BCUT2D eigenvalue weighted by Crippen LogP contribution is 2.33. The molecule has 7 heteroatoms. The molecule has 0 saturated heterocycles. The molecule has 0 fully saturated rings. The second-order valence-electron chi connectivity index (χ2n) is 5.64. The van der Waals surface area contributed by atoms with Crippen molar-refractivity contribution in [3.8, 4) is 5.75 Å². The number of rotatable bonds is 4. The molecule has 0 aliphatic carbocycles. The quantitative estimate of drug-likeness (QED) is 0.841. The Morgan fingerprint density at radius 2 is 2.08 bits per heavy atom. The zero-order valence-corrected chi connectivity index (χ0v) is 15.0. The normalized spacial score (nSPS) is 16.2. The van der Waals surface area contributed by atoms with Gasteiger partial charge in [-0.2, -0.15) is 0 Å². The van der Waals surface area contributed by atoms with E-state index in [1.807, 2.05) is 6.07 Å². The molecule has 2 amide bonds. The molecular formula is C18H16BrFN2O3. The summed E-state index contributed by atoms with van der Waals surface area (Å²) < 4.78 is 19.9. The lowest BCUT2D eigenvalue weighted by atomic mass is 10.1. The summed E-state index contributed by atoms with van der Waals surface area (Å²) in [6.45, 7) is 1.86. The van der Waals surface area contributed by atoms with E-state index in [1.165, 1.54) is 17.0 Å². The van der Waals surface area contributed by atoms with Crippen LogP contribution >= 0.6 is 15.9 Å². The summed E-state index contributed by atoms with van der Waals surface area (Å²) in [7, 11) is 0. The van der Waals surface area contributed by atoms with Gasteiger partial charge in [-0.15, -0.1) is 0 Å². The molecule has 0 bridgehead atoms. The molecule has 0 spiro atoms. The molecule has 0 aromatic heterocycles. The molecule has 5 nitrogen and oxygen atoms in total. The van der Waals surface area contributed by atoms with Crippen molar-refractivity contribution in [1.82, 2.24) is 0 Å². The van der Waals surface area contributed by atoms with Gasteiger partial charge in [0.1, 0.15) is 11.6 Å². The second kappa shape index (κ2) is 7.23. The fourth-order valence-electron chi connectivity index (χ4n) is 2.61. The van der Waals surface area contributed by atoms with Gasteiger partial charge in [-0.3, -0.25) is 9.59 Å². The van der Waals surface area contributed by atoms with E-state index in [2.05, 4.69) is 21.2 Å². The van der Waals surface area contributed by atoms with Gasteiger partial charge in [0.15, 0.2) is 6.10 Å². The van der Waals surface area contributed by atoms with E-state index in [0.29, 0.717) is 15.9 Å². The number of anilines is 2. The summed E-state index contributed by atoms with van der Waals surface area (Å²) in [4.78, 5) is 26.0. The van der Waals surface area contributed by atoms with Crippen molar-refractivity contribution < 1.29 is 18.7 Å². The molecule has 25 heavy (non-hydrogen) atoms. The highest BCUT2D eigenvalue weighted by atomic mass is 79.9. The Kier molecular flexibility index (Phi) is 5.03. The zero-order valence-electron chi connectivity index (χ0n) is 13.5. The molecule has 130 valence electrons. The topological polar surface area (TPSA) is 58.6 Å². The highest BCUT2D eigenvalue weighted by Gasteiger charge is 2.31. The fourth-order valence-corrected chi connectivity index (χ4v) is 2.94. The fraction of sp³-hybridized carbons (Fsp3) is 0.222.